The SMILES string of the molecule is CCCCCCCCOc1cc2c3cc(O)c(O)cc3c3cc(OCCCCCCCC)c(OCCCCCCCC)cc3c2cc1OCCCCCCCC. The van der Waals surface area contributed by atoms with Gasteiger partial charge in [-0.2, -0.15) is 0 Å². The molecule has 2 N–H and O–H groups in total. The van der Waals surface area contributed by atoms with E-state index in [2.05, 4.69) is 52.0 Å². The van der Waals surface area contributed by atoms with Crippen molar-refractivity contribution < 1.29 is 29.2 Å². The molecule has 4 aromatic carbocycles. The van der Waals surface area contributed by atoms with Crippen LogP contribution in [0.2, 0.25) is 0 Å². The number of hydrogen-bond donors (Lipinski definition) is 2. The molecule has 0 saturated heterocycles. The summed E-state index contributed by atoms with van der Waals surface area (Å²) in [6.07, 6.45) is 28.7. The molecule has 0 saturated carbocycles. The van der Waals surface area contributed by atoms with E-state index in [0.717, 1.165) is 107 Å². The summed E-state index contributed by atoms with van der Waals surface area (Å²) in [6.45, 7) is 11.5. The van der Waals surface area contributed by atoms with Gasteiger partial charge in [-0.3, -0.25) is 0 Å². The monoisotopic (exact) mass is 773 g/mol. The summed E-state index contributed by atoms with van der Waals surface area (Å²) >= 11 is 0. The van der Waals surface area contributed by atoms with Crippen molar-refractivity contribution in [3.8, 4) is 34.5 Å². The van der Waals surface area contributed by atoms with Gasteiger partial charge in [-0.05, 0) is 94.4 Å². The quantitative estimate of drug-likeness (QED) is 0.0292. The predicted octanol–water partition coefficient (Wildman–Crippen LogP) is 15.5. The largest absolute Gasteiger partial charge is 0.504 e. The molecule has 0 amide bonds. The Hall–Kier alpha value is -3.54. The lowest BCUT2D eigenvalue weighted by Gasteiger charge is -2.19. The van der Waals surface area contributed by atoms with Crippen LogP contribution < -0.4 is 18.9 Å². The van der Waals surface area contributed by atoms with Gasteiger partial charge in [0, 0.05) is 0 Å². The number of phenols is 2. The van der Waals surface area contributed by atoms with E-state index in [1.807, 2.05) is 0 Å². The van der Waals surface area contributed by atoms with Crippen LogP contribution in [0.4, 0.5) is 0 Å². The topological polar surface area (TPSA) is 77.4 Å². The van der Waals surface area contributed by atoms with Gasteiger partial charge in [0.2, 0.25) is 0 Å². The minimum absolute atomic E-state index is 0.144. The first-order valence-electron chi connectivity index (χ1n) is 23.0. The van der Waals surface area contributed by atoms with Crippen molar-refractivity contribution in [1.29, 1.82) is 0 Å². The maximum Gasteiger partial charge on any atom is 0.161 e. The van der Waals surface area contributed by atoms with E-state index in [1.165, 1.54) is 103 Å². The fourth-order valence-corrected chi connectivity index (χ4v) is 7.74. The summed E-state index contributed by atoms with van der Waals surface area (Å²) in [6, 6.07) is 11.8. The van der Waals surface area contributed by atoms with Crippen LogP contribution in [-0.4, -0.2) is 36.6 Å². The molecule has 0 radical (unpaired) electrons. The van der Waals surface area contributed by atoms with E-state index in [-0.39, 0.29) is 11.5 Å². The standard InChI is InChI=1S/C50H76O6/c1-5-9-13-17-21-25-29-53-47-35-41-39-33-45(51)46(52)34-40(39)42-36-48(54-30-26-22-18-14-10-6-2)50(56-32-28-24-20-16-12-8-4)38-44(42)43(41)37-49(47)55-31-27-23-19-15-11-7-3/h33-38,51-52H,5-32H2,1-4H3. The van der Waals surface area contributed by atoms with Crippen LogP contribution in [0.5, 0.6) is 34.5 Å². The summed E-state index contributed by atoms with van der Waals surface area (Å²) in [5, 5.41) is 27.2. The molecule has 0 atom stereocenters. The van der Waals surface area contributed by atoms with E-state index in [1.54, 1.807) is 12.1 Å². The van der Waals surface area contributed by atoms with E-state index in [9.17, 15) is 10.2 Å². The second-order valence-corrected chi connectivity index (χ2v) is 16.0. The number of rotatable bonds is 32. The Morgan fingerprint density at radius 3 is 0.714 bits per heavy atom. The van der Waals surface area contributed by atoms with Crippen LogP contribution in [0.25, 0.3) is 32.3 Å². The summed E-state index contributed by atoms with van der Waals surface area (Å²) in [5.41, 5.74) is 0. The fraction of sp³-hybridized carbons (Fsp3) is 0.640. The third-order valence-electron chi connectivity index (χ3n) is 11.2. The Labute approximate surface area is 339 Å². The first kappa shape index (κ1) is 45.2. The fourth-order valence-electron chi connectivity index (χ4n) is 7.74. The highest BCUT2D eigenvalue weighted by Crippen LogP contribution is 2.46. The van der Waals surface area contributed by atoms with Gasteiger partial charge in [0.05, 0.1) is 26.4 Å². The number of aromatic hydroxyl groups is 2. The molecule has 312 valence electrons. The Morgan fingerprint density at radius 1 is 0.286 bits per heavy atom. The van der Waals surface area contributed by atoms with Crippen molar-refractivity contribution in [3.63, 3.8) is 0 Å². The van der Waals surface area contributed by atoms with Crippen molar-refractivity contribution in [1.82, 2.24) is 0 Å². The predicted molar refractivity (Wildman–Crippen MR) is 238 cm³/mol. The second kappa shape index (κ2) is 26.4. The van der Waals surface area contributed by atoms with Crippen LogP contribution in [0, 0.1) is 0 Å². The molecule has 0 spiro atoms. The summed E-state index contributed by atoms with van der Waals surface area (Å²) in [4.78, 5) is 0. The van der Waals surface area contributed by atoms with Gasteiger partial charge in [0.25, 0.3) is 0 Å². The second-order valence-electron chi connectivity index (χ2n) is 16.0. The average molecular weight is 773 g/mol. The highest BCUT2D eigenvalue weighted by molar-refractivity contribution is 6.26. The molecule has 0 aliphatic rings. The number of ether oxygens (including phenoxy) is 4. The van der Waals surface area contributed by atoms with Crippen LogP contribution in [-0.2, 0) is 0 Å². The molecule has 4 rings (SSSR count). The first-order chi connectivity index (χ1) is 27.5. The Kier molecular flexibility index (Phi) is 21.3. The van der Waals surface area contributed by atoms with Gasteiger partial charge in [0.15, 0.2) is 34.5 Å². The molecule has 6 nitrogen and oxygen atoms in total. The van der Waals surface area contributed by atoms with Gasteiger partial charge in [-0.1, -0.05) is 156 Å². The molecular weight excluding hydrogens is 697 g/mol. The zero-order valence-electron chi connectivity index (χ0n) is 35.8. The third-order valence-corrected chi connectivity index (χ3v) is 11.2. The molecule has 0 heterocycles. The maximum absolute atomic E-state index is 10.8. The summed E-state index contributed by atoms with van der Waals surface area (Å²) in [5.74, 6) is 2.66. The lowest BCUT2D eigenvalue weighted by molar-refractivity contribution is 0.259. The molecular formula is C50H76O6. The highest BCUT2D eigenvalue weighted by atomic mass is 16.5. The minimum Gasteiger partial charge on any atom is -0.504 e. The smallest absolute Gasteiger partial charge is 0.161 e. The molecule has 6 heteroatoms. The van der Waals surface area contributed by atoms with Crippen LogP contribution in [0.3, 0.4) is 0 Å². The molecule has 0 aliphatic carbocycles. The minimum atomic E-state index is -0.144. The number of fused-ring (bicyclic) bond motifs is 6. The van der Waals surface area contributed by atoms with Gasteiger partial charge >= 0.3 is 0 Å². The van der Waals surface area contributed by atoms with Gasteiger partial charge < -0.3 is 29.2 Å². The van der Waals surface area contributed by atoms with E-state index < -0.39 is 0 Å². The molecule has 0 bridgehead atoms. The lowest BCUT2D eigenvalue weighted by atomic mass is 9.93. The average Bonchev–Trinajstić information content (AvgIpc) is 3.20. The molecule has 0 unspecified atom stereocenters. The first-order valence-corrected chi connectivity index (χ1v) is 23.0. The van der Waals surface area contributed by atoms with Crippen molar-refractivity contribution in [2.45, 2.75) is 182 Å². The van der Waals surface area contributed by atoms with Crippen molar-refractivity contribution in [3.05, 3.63) is 36.4 Å². The molecule has 0 fully saturated rings. The molecule has 4 aromatic rings. The van der Waals surface area contributed by atoms with E-state index in [0.29, 0.717) is 26.4 Å². The van der Waals surface area contributed by atoms with Crippen molar-refractivity contribution >= 4 is 32.3 Å². The summed E-state index contributed by atoms with van der Waals surface area (Å²) < 4.78 is 26.2. The maximum atomic E-state index is 10.8. The Balaban J connectivity index is 1.74. The lowest BCUT2D eigenvalue weighted by Crippen LogP contribution is -2.04. The van der Waals surface area contributed by atoms with Gasteiger partial charge in [-0.25, -0.2) is 0 Å². The number of phenolic OH excluding ortho intramolecular Hbond substituents is 2. The molecule has 0 aromatic heterocycles. The van der Waals surface area contributed by atoms with Gasteiger partial charge in [0.1, 0.15) is 0 Å². The van der Waals surface area contributed by atoms with E-state index >= 15 is 0 Å². The van der Waals surface area contributed by atoms with Crippen molar-refractivity contribution in [2.24, 2.45) is 0 Å². The van der Waals surface area contributed by atoms with Crippen LogP contribution in [0.1, 0.15) is 182 Å². The zero-order valence-corrected chi connectivity index (χ0v) is 35.8. The number of unbranched alkanes of at least 4 members (excludes halogenated alkanes) is 20. The van der Waals surface area contributed by atoms with Gasteiger partial charge in [-0.15, -0.1) is 0 Å². The molecule has 0 aliphatic heterocycles. The van der Waals surface area contributed by atoms with Crippen LogP contribution >= 0.6 is 0 Å². The van der Waals surface area contributed by atoms with E-state index in [4.69, 9.17) is 18.9 Å². The number of hydrogen-bond acceptors (Lipinski definition) is 6. The Bertz CT molecular complexity index is 1570. The van der Waals surface area contributed by atoms with Crippen molar-refractivity contribution in [2.75, 3.05) is 26.4 Å². The highest BCUT2D eigenvalue weighted by Gasteiger charge is 2.19. The normalized spacial score (nSPS) is 11.6. The zero-order chi connectivity index (χ0) is 39.8. The third kappa shape index (κ3) is 14.4. The summed E-state index contributed by atoms with van der Waals surface area (Å²) in [7, 11) is 0. The Morgan fingerprint density at radius 2 is 0.482 bits per heavy atom. The van der Waals surface area contributed by atoms with Crippen LogP contribution in [0.15, 0.2) is 36.4 Å². The molecule has 56 heavy (non-hydrogen) atoms. The number of benzene rings is 4.